The van der Waals surface area contributed by atoms with E-state index in [1.165, 1.54) is 44.9 Å². The lowest BCUT2D eigenvalue weighted by atomic mass is 9.95. The number of thioether (sulfide) groups is 1. The molecule has 1 nitrogen and oxygen atoms in total. The van der Waals surface area contributed by atoms with Crippen LogP contribution in [0.25, 0.3) is 0 Å². The molecule has 0 aliphatic heterocycles. The third kappa shape index (κ3) is 6.15. The molecule has 1 aliphatic carbocycles. The highest BCUT2D eigenvalue weighted by Crippen LogP contribution is 2.27. The topological polar surface area (TPSA) is 12.0 Å². The van der Waals surface area contributed by atoms with Gasteiger partial charge in [0.15, 0.2) is 0 Å². The first-order chi connectivity index (χ1) is 8.07. The molecule has 0 aromatic carbocycles. The Morgan fingerprint density at radius 2 is 1.94 bits per heavy atom. The van der Waals surface area contributed by atoms with E-state index in [2.05, 4.69) is 32.3 Å². The van der Waals surface area contributed by atoms with Crippen molar-refractivity contribution in [1.82, 2.24) is 5.32 Å². The fourth-order valence-corrected chi connectivity index (χ4v) is 2.97. The van der Waals surface area contributed by atoms with Crippen molar-refractivity contribution in [2.45, 2.75) is 76.5 Å². The van der Waals surface area contributed by atoms with Crippen LogP contribution in [0.3, 0.4) is 0 Å². The van der Waals surface area contributed by atoms with Crippen molar-refractivity contribution in [2.75, 3.05) is 12.8 Å². The number of nitrogens with one attached hydrogen (secondary N) is 1. The van der Waals surface area contributed by atoms with Gasteiger partial charge in [-0.25, -0.2) is 0 Å². The number of hydrogen-bond donors (Lipinski definition) is 1. The van der Waals surface area contributed by atoms with Gasteiger partial charge in [-0.2, -0.15) is 11.8 Å². The average Bonchev–Trinajstić information content (AvgIpc) is 2.53. The van der Waals surface area contributed by atoms with Crippen molar-refractivity contribution in [3.8, 4) is 0 Å². The van der Waals surface area contributed by atoms with Crippen LogP contribution in [0.1, 0.15) is 65.7 Å². The van der Waals surface area contributed by atoms with Crippen LogP contribution in [0.5, 0.6) is 0 Å². The molecule has 102 valence electrons. The van der Waals surface area contributed by atoms with Gasteiger partial charge in [0.1, 0.15) is 0 Å². The maximum Gasteiger partial charge on any atom is 0.0225 e. The zero-order valence-electron chi connectivity index (χ0n) is 12.2. The van der Waals surface area contributed by atoms with E-state index in [9.17, 15) is 0 Å². The Balaban J connectivity index is 2.27. The van der Waals surface area contributed by atoms with Crippen molar-refractivity contribution in [3.05, 3.63) is 0 Å². The molecule has 0 radical (unpaired) electrons. The Morgan fingerprint density at radius 1 is 1.18 bits per heavy atom. The van der Waals surface area contributed by atoms with E-state index >= 15 is 0 Å². The highest BCUT2D eigenvalue weighted by Gasteiger charge is 2.21. The minimum absolute atomic E-state index is 0.384. The molecular weight excluding hydrogens is 226 g/mol. The van der Waals surface area contributed by atoms with Gasteiger partial charge in [0.25, 0.3) is 0 Å². The second-order valence-electron chi connectivity index (χ2n) is 6.20. The quantitative estimate of drug-likeness (QED) is 0.705. The van der Waals surface area contributed by atoms with Crippen LogP contribution in [0.15, 0.2) is 0 Å². The van der Waals surface area contributed by atoms with E-state index < -0.39 is 0 Å². The molecule has 2 atom stereocenters. The van der Waals surface area contributed by atoms with Gasteiger partial charge in [-0.3, -0.25) is 0 Å². The van der Waals surface area contributed by atoms with Crippen molar-refractivity contribution in [1.29, 1.82) is 0 Å². The molecular formula is C15H31NS. The van der Waals surface area contributed by atoms with Crippen LogP contribution in [-0.2, 0) is 0 Å². The van der Waals surface area contributed by atoms with Crippen LogP contribution >= 0.6 is 11.8 Å². The molecule has 0 aromatic heterocycles. The van der Waals surface area contributed by atoms with Gasteiger partial charge in [0, 0.05) is 17.3 Å². The molecule has 1 rings (SSSR count). The summed E-state index contributed by atoms with van der Waals surface area (Å²) in [4.78, 5) is 0. The van der Waals surface area contributed by atoms with Gasteiger partial charge >= 0.3 is 0 Å². The molecule has 1 N–H and O–H groups in total. The summed E-state index contributed by atoms with van der Waals surface area (Å²) < 4.78 is 0.384. The number of rotatable bonds is 6. The van der Waals surface area contributed by atoms with E-state index in [-0.39, 0.29) is 0 Å². The van der Waals surface area contributed by atoms with Gasteiger partial charge in [-0.05, 0) is 45.3 Å². The highest BCUT2D eigenvalue weighted by atomic mass is 32.2. The first kappa shape index (κ1) is 15.4. The fraction of sp³-hybridized carbons (Fsp3) is 1.00. The lowest BCUT2D eigenvalue weighted by molar-refractivity contribution is 0.405. The van der Waals surface area contributed by atoms with Gasteiger partial charge in [0.2, 0.25) is 0 Å². The summed E-state index contributed by atoms with van der Waals surface area (Å²) in [7, 11) is 0. The summed E-state index contributed by atoms with van der Waals surface area (Å²) in [6.45, 7) is 8.14. The summed E-state index contributed by atoms with van der Waals surface area (Å²) in [5, 5.41) is 3.79. The molecule has 1 saturated carbocycles. The SMILES string of the molecule is CCCC1CCCC(NCC(C)(C)SC)CC1. The van der Waals surface area contributed by atoms with Crippen molar-refractivity contribution in [3.63, 3.8) is 0 Å². The molecule has 0 heterocycles. The van der Waals surface area contributed by atoms with Crippen molar-refractivity contribution >= 4 is 11.8 Å². The molecule has 1 fully saturated rings. The maximum atomic E-state index is 3.79. The van der Waals surface area contributed by atoms with E-state index in [4.69, 9.17) is 0 Å². The first-order valence-electron chi connectivity index (χ1n) is 7.36. The summed E-state index contributed by atoms with van der Waals surface area (Å²) in [6.07, 6.45) is 12.2. The molecule has 17 heavy (non-hydrogen) atoms. The largest absolute Gasteiger partial charge is 0.313 e. The van der Waals surface area contributed by atoms with Crippen molar-refractivity contribution < 1.29 is 0 Å². The zero-order valence-corrected chi connectivity index (χ0v) is 13.0. The molecule has 0 spiro atoms. The van der Waals surface area contributed by atoms with Crippen molar-refractivity contribution in [2.24, 2.45) is 5.92 Å². The first-order valence-corrected chi connectivity index (χ1v) is 8.58. The fourth-order valence-electron chi connectivity index (χ4n) is 2.74. The second-order valence-corrected chi connectivity index (χ2v) is 7.72. The highest BCUT2D eigenvalue weighted by molar-refractivity contribution is 7.99. The van der Waals surface area contributed by atoms with Crippen LogP contribution in [0, 0.1) is 5.92 Å². The smallest absolute Gasteiger partial charge is 0.0225 e. The Morgan fingerprint density at radius 3 is 2.59 bits per heavy atom. The van der Waals surface area contributed by atoms with Crippen LogP contribution in [0.2, 0.25) is 0 Å². The lowest BCUT2D eigenvalue weighted by Crippen LogP contribution is -2.38. The summed E-state index contributed by atoms with van der Waals surface area (Å²) in [6, 6.07) is 0.781. The average molecular weight is 257 g/mol. The molecule has 0 saturated heterocycles. The van der Waals surface area contributed by atoms with Crippen LogP contribution in [-0.4, -0.2) is 23.6 Å². The van der Waals surface area contributed by atoms with Crippen LogP contribution < -0.4 is 5.32 Å². The van der Waals surface area contributed by atoms with Gasteiger partial charge in [-0.15, -0.1) is 0 Å². The summed E-state index contributed by atoms with van der Waals surface area (Å²) >= 11 is 1.97. The molecule has 2 unspecified atom stereocenters. The molecule has 2 heteroatoms. The molecule has 0 bridgehead atoms. The second kappa shape index (κ2) is 7.68. The molecule has 0 aromatic rings. The molecule has 1 aliphatic rings. The van der Waals surface area contributed by atoms with E-state index in [1.807, 2.05) is 11.8 Å². The lowest BCUT2D eigenvalue weighted by Gasteiger charge is -2.26. The normalized spacial score (nSPS) is 26.8. The standard InChI is InChI=1S/C15H31NS/c1-5-7-13-8-6-9-14(11-10-13)16-12-15(2,3)17-4/h13-14,16H,5-12H2,1-4H3. The Labute approximate surface area is 113 Å². The Kier molecular flexibility index (Phi) is 6.94. The third-order valence-electron chi connectivity index (χ3n) is 4.15. The van der Waals surface area contributed by atoms with E-state index in [0.717, 1.165) is 18.5 Å². The minimum Gasteiger partial charge on any atom is -0.313 e. The number of hydrogen-bond acceptors (Lipinski definition) is 2. The van der Waals surface area contributed by atoms with Gasteiger partial charge < -0.3 is 5.32 Å². The monoisotopic (exact) mass is 257 g/mol. The molecule has 0 amide bonds. The Bertz CT molecular complexity index is 203. The Hall–Kier alpha value is 0.310. The predicted octanol–water partition coefficient (Wildman–Crippen LogP) is 4.47. The zero-order chi connectivity index (χ0) is 12.7. The summed E-state index contributed by atoms with van der Waals surface area (Å²) in [5.41, 5.74) is 0. The summed E-state index contributed by atoms with van der Waals surface area (Å²) in [5.74, 6) is 1.01. The third-order valence-corrected chi connectivity index (χ3v) is 5.40. The van der Waals surface area contributed by atoms with E-state index in [1.54, 1.807) is 0 Å². The minimum atomic E-state index is 0.384. The maximum absolute atomic E-state index is 3.79. The van der Waals surface area contributed by atoms with Crippen LogP contribution in [0.4, 0.5) is 0 Å². The van der Waals surface area contributed by atoms with Gasteiger partial charge in [-0.1, -0.05) is 32.6 Å². The van der Waals surface area contributed by atoms with E-state index in [0.29, 0.717) is 4.75 Å². The predicted molar refractivity (Wildman–Crippen MR) is 80.9 cm³/mol. The van der Waals surface area contributed by atoms with Gasteiger partial charge in [0.05, 0.1) is 0 Å².